The molecule has 0 spiro atoms. The Morgan fingerprint density at radius 2 is 1.90 bits per heavy atom. The second-order valence-electron chi connectivity index (χ2n) is 3.41. The summed E-state index contributed by atoms with van der Waals surface area (Å²) in [5.41, 5.74) is 0.336. The van der Waals surface area contributed by atoms with Crippen molar-refractivity contribution in [2.45, 2.75) is 20.4 Å². The molecule has 1 heterocycles. The number of nitrogens with zero attached hydrogens (tertiary/aromatic N) is 4. The topological polar surface area (TPSA) is 155 Å². The lowest BCUT2D eigenvalue weighted by atomic mass is 10.3. The summed E-state index contributed by atoms with van der Waals surface area (Å²) in [4.78, 5) is 20.4. The smallest absolute Gasteiger partial charge is 0.414 e. The Morgan fingerprint density at radius 1 is 1.40 bits per heavy atom. The van der Waals surface area contributed by atoms with Crippen molar-refractivity contribution in [3.05, 3.63) is 16.6 Å². The maximum atomic E-state index is 10.9. The molecule has 1 aromatic rings. The molecule has 0 fully saturated rings. The number of hydrogen-bond donors (Lipinski definition) is 2. The molecular weight excluding hydrogens is 272 g/mol. The fourth-order valence-corrected chi connectivity index (χ4v) is 1.14. The van der Waals surface area contributed by atoms with E-state index < -0.39 is 11.9 Å². The highest BCUT2D eigenvalue weighted by Gasteiger charge is 2.20. The lowest BCUT2D eigenvalue weighted by molar-refractivity contribution is -0.804. The molecule has 10 nitrogen and oxygen atoms in total. The molecule has 0 unspecified atom stereocenters. The van der Waals surface area contributed by atoms with E-state index in [4.69, 9.17) is 25.1 Å². The molecule has 20 heavy (non-hydrogen) atoms. The molecule has 1 aromatic heterocycles. The Labute approximate surface area is 114 Å². The summed E-state index contributed by atoms with van der Waals surface area (Å²) < 4.78 is 4.34. The van der Waals surface area contributed by atoms with Crippen molar-refractivity contribution in [2.75, 3.05) is 13.1 Å². The molecule has 2 N–H and O–H groups in total. The van der Waals surface area contributed by atoms with Crippen LogP contribution < -0.4 is 4.90 Å². The number of hydrogen-bond acceptors (Lipinski definition) is 7. The molecule has 10 heteroatoms. The highest BCUT2D eigenvalue weighted by Crippen LogP contribution is 2.03. The zero-order chi connectivity index (χ0) is 15.7. The molecule has 0 saturated heterocycles. The van der Waals surface area contributed by atoms with Crippen molar-refractivity contribution in [2.24, 2.45) is 0 Å². The summed E-state index contributed by atoms with van der Waals surface area (Å²) in [5, 5.41) is 37.8. The lowest BCUT2D eigenvalue weighted by Crippen LogP contribution is -2.28. The van der Waals surface area contributed by atoms with Gasteiger partial charge in [0.15, 0.2) is 6.07 Å². The summed E-state index contributed by atoms with van der Waals surface area (Å²) in [6, 6.07) is 1.76. The molecule has 0 radical (unpaired) electrons. The van der Waals surface area contributed by atoms with Gasteiger partial charge in [-0.1, -0.05) is 13.8 Å². The van der Waals surface area contributed by atoms with Gasteiger partial charge >= 0.3 is 11.9 Å². The summed E-state index contributed by atoms with van der Waals surface area (Å²) in [6.07, 6.45) is 0. The van der Waals surface area contributed by atoms with Gasteiger partial charge in [-0.3, -0.25) is 9.53 Å². The van der Waals surface area contributed by atoms with Gasteiger partial charge in [0.1, 0.15) is 0 Å². The van der Waals surface area contributed by atoms with Gasteiger partial charge in [0.25, 0.3) is 11.4 Å². The Balaban J connectivity index is 0.000000511. The van der Waals surface area contributed by atoms with Crippen LogP contribution >= 0.6 is 0 Å². The van der Waals surface area contributed by atoms with E-state index in [-0.39, 0.29) is 10.6 Å². The Hall–Kier alpha value is -2.67. The first-order chi connectivity index (χ1) is 9.37. The third-order valence-electron chi connectivity index (χ3n) is 2.24. The third-order valence-corrected chi connectivity index (χ3v) is 2.24. The van der Waals surface area contributed by atoms with E-state index in [1.807, 2.05) is 18.7 Å². The number of aromatic nitrogens is 2. The molecule has 0 aliphatic carbocycles. The highest BCUT2D eigenvalue weighted by atomic mass is 16.8. The molecule has 110 valence electrons. The molecule has 1 rings (SSSR count). The highest BCUT2D eigenvalue weighted by molar-refractivity contribution is 6.27. The first-order valence-corrected chi connectivity index (χ1v) is 5.54. The quantitative estimate of drug-likeness (QED) is 0.533. The van der Waals surface area contributed by atoms with Gasteiger partial charge in [-0.15, -0.1) is 0 Å². The van der Waals surface area contributed by atoms with Crippen LogP contribution in [-0.2, 0) is 16.1 Å². The van der Waals surface area contributed by atoms with Crippen LogP contribution in [0.2, 0.25) is 0 Å². The summed E-state index contributed by atoms with van der Waals surface area (Å²) in [5.74, 6) is -3.65. The monoisotopic (exact) mass is 286 g/mol. The van der Waals surface area contributed by atoms with E-state index in [0.717, 1.165) is 13.1 Å². The molecule has 0 aromatic carbocycles. The summed E-state index contributed by atoms with van der Waals surface area (Å²) in [7, 11) is 0. The van der Waals surface area contributed by atoms with Gasteiger partial charge in [0.2, 0.25) is 0 Å². The van der Waals surface area contributed by atoms with Gasteiger partial charge in [-0.2, -0.15) is 5.26 Å². The molecular formula is C10H14N4O6. The fourth-order valence-electron chi connectivity index (χ4n) is 1.14. The fraction of sp³-hybridized carbons (Fsp3) is 0.500. The summed E-state index contributed by atoms with van der Waals surface area (Å²) >= 11 is 0. The number of carbonyl (C=O) groups is 2. The lowest BCUT2D eigenvalue weighted by Gasteiger charge is -2.13. The Morgan fingerprint density at radius 3 is 2.25 bits per heavy atom. The van der Waals surface area contributed by atoms with Crippen molar-refractivity contribution in [3.63, 3.8) is 0 Å². The van der Waals surface area contributed by atoms with Gasteiger partial charge in [-0.05, 0) is 18.0 Å². The van der Waals surface area contributed by atoms with Gasteiger partial charge in [0.05, 0.1) is 6.54 Å². The van der Waals surface area contributed by atoms with Gasteiger partial charge in [0, 0.05) is 5.16 Å². The maximum absolute atomic E-state index is 10.9. The molecule has 0 aliphatic heterocycles. The van der Waals surface area contributed by atoms with Crippen LogP contribution in [0.5, 0.6) is 0 Å². The number of carboxylic acid groups (broad SMARTS) is 2. The van der Waals surface area contributed by atoms with Crippen LogP contribution in [0.25, 0.3) is 0 Å². The number of aliphatic carboxylic acids is 2. The molecule has 0 saturated carbocycles. The largest absolute Gasteiger partial charge is 0.473 e. The number of carboxylic acids is 2. The van der Waals surface area contributed by atoms with Gasteiger partial charge < -0.3 is 15.4 Å². The molecule has 0 aliphatic rings. The van der Waals surface area contributed by atoms with Crippen LogP contribution in [0.15, 0.2) is 4.63 Å². The van der Waals surface area contributed by atoms with Gasteiger partial charge in [-0.25, -0.2) is 9.59 Å². The average Bonchev–Trinajstić information content (AvgIpc) is 2.76. The maximum Gasteiger partial charge on any atom is 0.414 e. The zero-order valence-corrected chi connectivity index (χ0v) is 10.9. The van der Waals surface area contributed by atoms with Crippen molar-refractivity contribution < 1.29 is 29.3 Å². The molecule has 0 bridgehead atoms. The number of nitriles is 1. The van der Waals surface area contributed by atoms with E-state index >= 15 is 0 Å². The minimum Gasteiger partial charge on any atom is -0.473 e. The van der Waals surface area contributed by atoms with Crippen LogP contribution in [0, 0.1) is 16.5 Å². The molecule has 0 atom stereocenters. The van der Waals surface area contributed by atoms with Crippen molar-refractivity contribution in [3.8, 4) is 6.07 Å². The standard InChI is InChI=1S/C8H12N4O2.C2H2O4/c1-3-11(4-2)6-7-8(5-9)12(13)14-10-7;3-1(4)2(5)6/h3-4,6H2,1-2H3;(H,3,4)(H,5,6). The zero-order valence-electron chi connectivity index (χ0n) is 10.9. The second-order valence-corrected chi connectivity index (χ2v) is 3.41. The molecule has 0 amide bonds. The van der Waals surface area contributed by atoms with E-state index in [0.29, 0.717) is 12.2 Å². The van der Waals surface area contributed by atoms with Crippen LogP contribution in [0.3, 0.4) is 0 Å². The van der Waals surface area contributed by atoms with E-state index in [9.17, 15) is 5.21 Å². The SMILES string of the molecule is CCN(CC)Cc1no[n+]([O-])c1C#N.O=C(O)C(=O)O. The Bertz CT molecular complexity index is 490. The third kappa shape index (κ3) is 5.32. The first kappa shape index (κ1) is 17.3. The summed E-state index contributed by atoms with van der Waals surface area (Å²) in [6.45, 7) is 6.15. The first-order valence-electron chi connectivity index (χ1n) is 5.54. The van der Waals surface area contributed by atoms with Crippen LogP contribution in [0.1, 0.15) is 25.2 Å². The second kappa shape index (κ2) is 8.44. The normalized spacial score (nSPS) is 9.50. The average molecular weight is 286 g/mol. The number of rotatable bonds is 4. The van der Waals surface area contributed by atoms with E-state index in [1.165, 1.54) is 0 Å². The van der Waals surface area contributed by atoms with Crippen molar-refractivity contribution in [1.82, 2.24) is 10.1 Å². The predicted molar refractivity (Wildman–Crippen MR) is 62.1 cm³/mol. The van der Waals surface area contributed by atoms with E-state index in [2.05, 4.69) is 9.79 Å². The van der Waals surface area contributed by atoms with E-state index in [1.54, 1.807) is 6.07 Å². The van der Waals surface area contributed by atoms with Crippen molar-refractivity contribution in [1.29, 1.82) is 5.26 Å². The minimum absolute atomic E-state index is 0.0584. The van der Waals surface area contributed by atoms with Crippen LogP contribution in [0.4, 0.5) is 0 Å². The predicted octanol–water partition coefficient (Wildman–Crippen LogP) is -0.823. The van der Waals surface area contributed by atoms with Crippen LogP contribution in [-0.4, -0.2) is 45.3 Å². The Kier molecular flexibility index (Phi) is 7.31. The minimum atomic E-state index is -1.82. The van der Waals surface area contributed by atoms with Crippen molar-refractivity contribution >= 4 is 11.9 Å².